The molecule has 2 fully saturated rings. The zero-order valence-electron chi connectivity index (χ0n) is 15.7. The molecule has 0 amide bonds. The van der Waals surface area contributed by atoms with Gasteiger partial charge in [0.1, 0.15) is 5.56 Å². The Morgan fingerprint density at radius 1 is 1.08 bits per heavy atom. The first kappa shape index (κ1) is 18.7. The molecule has 0 radical (unpaired) electrons. The monoisotopic (exact) mass is 362 g/mol. The molecule has 2 N–H and O–H groups in total. The van der Waals surface area contributed by atoms with Gasteiger partial charge >= 0.3 is 5.69 Å². The van der Waals surface area contributed by atoms with Gasteiger partial charge in [-0.3, -0.25) is 19.4 Å². The number of H-pyrrole nitrogens is 1. The van der Waals surface area contributed by atoms with Crippen molar-refractivity contribution >= 4 is 5.71 Å². The maximum Gasteiger partial charge on any atom is 0.331 e. The zero-order chi connectivity index (χ0) is 18.5. The summed E-state index contributed by atoms with van der Waals surface area (Å²) in [7, 11) is 0. The fourth-order valence-corrected chi connectivity index (χ4v) is 4.10. The Bertz CT molecular complexity index is 751. The summed E-state index contributed by atoms with van der Waals surface area (Å²) >= 11 is 0. The van der Waals surface area contributed by atoms with Crippen LogP contribution in [0.15, 0.2) is 14.7 Å². The van der Waals surface area contributed by atoms with Crippen LogP contribution in [0, 0.1) is 0 Å². The average molecular weight is 362 g/mol. The molecule has 144 valence electrons. The largest absolute Gasteiger partial charge is 0.494 e. The van der Waals surface area contributed by atoms with Gasteiger partial charge in [0.25, 0.3) is 5.56 Å². The average Bonchev–Trinajstić information content (AvgIpc) is 2.90. The van der Waals surface area contributed by atoms with Crippen LogP contribution in [0.2, 0.25) is 0 Å². The van der Waals surface area contributed by atoms with Crippen molar-refractivity contribution in [2.75, 3.05) is 13.1 Å². The number of hydrogen-bond acceptors (Lipinski definition) is 5. The molecule has 2 heterocycles. The third kappa shape index (κ3) is 4.02. The maximum absolute atomic E-state index is 12.5. The van der Waals surface area contributed by atoms with Crippen LogP contribution in [0.5, 0.6) is 5.88 Å². The van der Waals surface area contributed by atoms with E-state index in [-0.39, 0.29) is 17.5 Å². The summed E-state index contributed by atoms with van der Waals surface area (Å²) in [5.74, 6) is -0.221. The third-order valence-corrected chi connectivity index (χ3v) is 5.53. The quantitative estimate of drug-likeness (QED) is 0.806. The van der Waals surface area contributed by atoms with Gasteiger partial charge in [0, 0.05) is 19.1 Å². The molecule has 0 atom stereocenters. The van der Waals surface area contributed by atoms with Crippen LogP contribution in [0.1, 0.15) is 82.7 Å². The van der Waals surface area contributed by atoms with Crippen LogP contribution in [0.4, 0.5) is 0 Å². The third-order valence-electron chi connectivity index (χ3n) is 5.53. The van der Waals surface area contributed by atoms with Gasteiger partial charge in [-0.2, -0.15) is 5.10 Å². The number of aromatic nitrogens is 2. The first-order chi connectivity index (χ1) is 12.6. The molecule has 3 rings (SSSR count). The van der Waals surface area contributed by atoms with Crippen LogP contribution in [-0.2, 0) is 0 Å². The second kappa shape index (κ2) is 8.56. The minimum Gasteiger partial charge on any atom is -0.494 e. The highest BCUT2D eigenvalue weighted by Crippen LogP contribution is 2.30. The smallest absolute Gasteiger partial charge is 0.331 e. The minimum atomic E-state index is -0.546. The summed E-state index contributed by atoms with van der Waals surface area (Å²) in [6, 6.07) is -0.0526. The number of nitrogens with one attached hydrogen (secondary N) is 1. The lowest BCUT2D eigenvalue weighted by molar-refractivity contribution is 0.294. The topological polar surface area (TPSA) is 90.7 Å². The van der Waals surface area contributed by atoms with E-state index in [9.17, 15) is 14.7 Å². The molecule has 1 saturated carbocycles. The van der Waals surface area contributed by atoms with Gasteiger partial charge in [-0.25, -0.2) is 4.79 Å². The summed E-state index contributed by atoms with van der Waals surface area (Å²) in [5.41, 5.74) is -0.361. The fourth-order valence-electron chi connectivity index (χ4n) is 4.10. The first-order valence-electron chi connectivity index (χ1n) is 10.0. The summed E-state index contributed by atoms with van der Waals surface area (Å²) in [5, 5.41) is 17.5. The van der Waals surface area contributed by atoms with E-state index in [4.69, 9.17) is 0 Å². The summed E-state index contributed by atoms with van der Waals surface area (Å²) < 4.78 is 1.38. The number of aromatic amines is 1. The fraction of sp³-hybridized carbons (Fsp3) is 0.737. The van der Waals surface area contributed by atoms with Crippen LogP contribution in [0.3, 0.4) is 0 Å². The Hall–Kier alpha value is -2.05. The van der Waals surface area contributed by atoms with Crippen LogP contribution < -0.4 is 11.2 Å². The van der Waals surface area contributed by atoms with Gasteiger partial charge in [0.2, 0.25) is 5.88 Å². The van der Waals surface area contributed by atoms with E-state index >= 15 is 0 Å². The lowest BCUT2D eigenvalue weighted by atomic mass is 9.95. The highest BCUT2D eigenvalue weighted by molar-refractivity contribution is 6.01. The Morgan fingerprint density at radius 3 is 2.31 bits per heavy atom. The van der Waals surface area contributed by atoms with Crippen LogP contribution in [-0.4, -0.2) is 38.5 Å². The molecule has 7 nitrogen and oxygen atoms in total. The number of hydrogen-bond donors (Lipinski definition) is 2. The molecule has 0 unspecified atom stereocenters. The van der Waals surface area contributed by atoms with Gasteiger partial charge < -0.3 is 5.11 Å². The number of nitrogens with zero attached hydrogens (tertiary/aromatic N) is 3. The molecule has 0 spiro atoms. The van der Waals surface area contributed by atoms with Gasteiger partial charge in [-0.05, 0) is 32.1 Å². The number of aromatic hydroxyl groups is 1. The normalized spacial score (nSPS) is 20.2. The van der Waals surface area contributed by atoms with Gasteiger partial charge in [-0.1, -0.05) is 39.0 Å². The molecule has 26 heavy (non-hydrogen) atoms. The molecule has 7 heteroatoms. The molecular weight excluding hydrogens is 332 g/mol. The van der Waals surface area contributed by atoms with Gasteiger partial charge in [0.05, 0.1) is 5.71 Å². The van der Waals surface area contributed by atoms with Crippen LogP contribution in [0.25, 0.3) is 0 Å². The second-order valence-electron chi connectivity index (χ2n) is 7.39. The molecule has 1 aliphatic heterocycles. The lowest BCUT2D eigenvalue weighted by Gasteiger charge is -2.25. The van der Waals surface area contributed by atoms with Crippen molar-refractivity contribution in [1.82, 2.24) is 14.6 Å². The lowest BCUT2D eigenvalue weighted by Crippen LogP contribution is -2.37. The van der Waals surface area contributed by atoms with E-state index in [1.165, 1.54) is 17.4 Å². The highest BCUT2D eigenvalue weighted by atomic mass is 16.3. The minimum absolute atomic E-state index is 0.0526. The number of rotatable bonds is 4. The van der Waals surface area contributed by atoms with Crippen molar-refractivity contribution in [3.8, 4) is 5.88 Å². The van der Waals surface area contributed by atoms with Crippen LogP contribution >= 0.6 is 0 Å². The van der Waals surface area contributed by atoms with Gasteiger partial charge in [-0.15, -0.1) is 0 Å². The van der Waals surface area contributed by atoms with E-state index in [1.807, 2.05) is 11.9 Å². The Kier molecular flexibility index (Phi) is 6.16. The zero-order valence-corrected chi connectivity index (χ0v) is 15.7. The van der Waals surface area contributed by atoms with Crippen molar-refractivity contribution in [3.63, 3.8) is 0 Å². The molecule has 1 saturated heterocycles. The van der Waals surface area contributed by atoms with E-state index in [2.05, 4.69) is 10.1 Å². The maximum atomic E-state index is 12.5. The Labute approximate surface area is 153 Å². The molecule has 0 aromatic carbocycles. The first-order valence-corrected chi connectivity index (χ1v) is 10.0. The van der Waals surface area contributed by atoms with Gasteiger partial charge in [0.15, 0.2) is 0 Å². The molecule has 1 aromatic rings. The predicted molar refractivity (Wildman–Crippen MR) is 102 cm³/mol. The van der Waals surface area contributed by atoms with E-state index in [0.717, 1.165) is 58.0 Å². The van der Waals surface area contributed by atoms with Crippen molar-refractivity contribution in [3.05, 3.63) is 26.4 Å². The SMILES string of the molecule is CCC(=NN1CCCCCC1)c1c(O)n(C2CCCCC2)c(=O)[nH]c1=O. The molecule has 1 aromatic heterocycles. The molecule has 0 bridgehead atoms. The van der Waals surface area contributed by atoms with E-state index in [1.54, 1.807) is 0 Å². The van der Waals surface area contributed by atoms with Crippen molar-refractivity contribution in [2.24, 2.45) is 5.10 Å². The molecule has 1 aliphatic carbocycles. The summed E-state index contributed by atoms with van der Waals surface area (Å²) in [6.07, 6.45) is 10.0. The molecular formula is C19H30N4O3. The van der Waals surface area contributed by atoms with Crippen molar-refractivity contribution < 1.29 is 5.11 Å². The molecule has 2 aliphatic rings. The second-order valence-corrected chi connectivity index (χ2v) is 7.39. The summed E-state index contributed by atoms with van der Waals surface area (Å²) in [6.45, 7) is 3.65. The Morgan fingerprint density at radius 2 is 1.69 bits per heavy atom. The van der Waals surface area contributed by atoms with E-state index in [0.29, 0.717) is 12.1 Å². The van der Waals surface area contributed by atoms with Crippen molar-refractivity contribution in [2.45, 2.75) is 77.2 Å². The van der Waals surface area contributed by atoms with Crippen molar-refractivity contribution in [1.29, 1.82) is 0 Å². The number of hydrazone groups is 1. The van der Waals surface area contributed by atoms with E-state index < -0.39 is 11.2 Å². The predicted octanol–water partition coefficient (Wildman–Crippen LogP) is 2.74. The summed E-state index contributed by atoms with van der Waals surface area (Å²) in [4.78, 5) is 27.2. The standard InChI is InChI=1S/C19H30N4O3/c1-2-15(21-22-12-8-3-4-9-13-22)16-17(24)20-19(26)23(18(16)25)14-10-6-5-7-11-14/h14,25H,2-13H2,1H3,(H,20,24,26). The highest BCUT2D eigenvalue weighted by Gasteiger charge is 2.25. The Balaban J connectivity index is 2.01.